The maximum absolute atomic E-state index is 12.6. The van der Waals surface area contributed by atoms with E-state index in [9.17, 15) is 19.7 Å². The molecule has 0 bridgehead atoms. The SMILES string of the molecule is COc1ccc2c(c1)CCCN2C(=O)COC(=O)c1c(C)cccc1[N+](=O)[O-]. The molecular formula is C20H20N2O6. The van der Waals surface area contributed by atoms with Gasteiger partial charge in [-0.05, 0) is 49.1 Å². The summed E-state index contributed by atoms with van der Waals surface area (Å²) in [5.41, 5.74) is 1.69. The molecule has 3 rings (SSSR count). The van der Waals surface area contributed by atoms with Crippen LogP contribution in [0.1, 0.15) is 27.9 Å². The van der Waals surface area contributed by atoms with Crippen molar-refractivity contribution in [3.8, 4) is 5.75 Å². The molecule has 0 unspecified atom stereocenters. The van der Waals surface area contributed by atoms with Crippen LogP contribution in [-0.2, 0) is 16.0 Å². The Morgan fingerprint density at radius 2 is 2.04 bits per heavy atom. The van der Waals surface area contributed by atoms with Gasteiger partial charge in [-0.1, -0.05) is 12.1 Å². The van der Waals surface area contributed by atoms with E-state index in [4.69, 9.17) is 9.47 Å². The Morgan fingerprint density at radius 1 is 1.25 bits per heavy atom. The van der Waals surface area contributed by atoms with Crippen molar-refractivity contribution in [2.45, 2.75) is 19.8 Å². The van der Waals surface area contributed by atoms with Crippen molar-refractivity contribution < 1.29 is 24.0 Å². The van der Waals surface area contributed by atoms with E-state index >= 15 is 0 Å². The fraction of sp³-hybridized carbons (Fsp3) is 0.300. The number of amides is 1. The highest BCUT2D eigenvalue weighted by Gasteiger charge is 2.27. The number of esters is 1. The lowest BCUT2D eigenvalue weighted by atomic mass is 10.0. The molecule has 1 aliphatic rings. The van der Waals surface area contributed by atoms with E-state index < -0.39 is 17.5 Å². The van der Waals surface area contributed by atoms with E-state index in [0.29, 0.717) is 17.9 Å². The van der Waals surface area contributed by atoms with Crippen molar-refractivity contribution in [3.05, 3.63) is 63.2 Å². The highest BCUT2D eigenvalue weighted by molar-refractivity contribution is 5.99. The molecule has 8 heteroatoms. The molecule has 1 amide bonds. The number of nitro benzene ring substituents is 1. The standard InChI is InChI=1S/C20H20N2O6/c1-13-5-3-7-17(22(25)26)19(13)20(24)28-12-18(23)21-10-4-6-14-11-15(27-2)8-9-16(14)21/h3,5,7-9,11H,4,6,10,12H2,1-2H3. The Hall–Kier alpha value is -3.42. The van der Waals surface area contributed by atoms with E-state index in [2.05, 4.69) is 0 Å². The van der Waals surface area contributed by atoms with Crippen LogP contribution in [0.2, 0.25) is 0 Å². The summed E-state index contributed by atoms with van der Waals surface area (Å²) in [6, 6.07) is 9.78. The Bertz CT molecular complexity index is 940. The van der Waals surface area contributed by atoms with Gasteiger partial charge in [0.15, 0.2) is 6.61 Å². The molecule has 2 aromatic rings. The first-order valence-corrected chi connectivity index (χ1v) is 8.80. The number of methoxy groups -OCH3 is 1. The van der Waals surface area contributed by atoms with Gasteiger partial charge in [0.05, 0.1) is 12.0 Å². The van der Waals surface area contributed by atoms with Gasteiger partial charge in [-0.2, -0.15) is 0 Å². The van der Waals surface area contributed by atoms with Crippen LogP contribution in [0.3, 0.4) is 0 Å². The molecule has 0 saturated heterocycles. The van der Waals surface area contributed by atoms with E-state index in [1.807, 2.05) is 6.07 Å². The number of hydrogen-bond acceptors (Lipinski definition) is 6. The molecule has 1 aliphatic heterocycles. The summed E-state index contributed by atoms with van der Waals surface area (Å²) >= 11 is 0. The number of carbonyl (C=O) groups excluding carboxylic acids is 2. The summed E-state index contributed by atoms with van der Waals surface area (Å²) in [5, 5.41) is 11.2. The average molecular weight is 384 g/mol. The first-order chi connectivity index (χ1) is 13.4. The molecule has 0 aromatic heterocycles. The molecule has 8 nitrogen and oxygen atoms in total. The van der Waals surface area contributed by atoms with Gasteiger partial charge in [0.2, 0.25) is 0 Å². The number of fused-ring (bicyclic) bond motifs is 1. The van der Waals surface area contributed by atoms with Crippen LogP contribution >= 0.6 is 0 Å². The number of nitro groups is 1. The van der Waals surface area contributed by atoms with Gasteiger partial charge in [-0.25, -0.2) is 4.79 Å². The molecule has 0 N–H and O–H groups in total. The minimum atomic E-state index is -0.884. The third-order valence-corrected chi connectivity index (χ3v) is 4.68. The second-order valence-electron chi connectivity index (χ2n) is 6.45. The molecule has 1 heterocycles. The zero-order valence-corrected chi connectivity index (χ0v) is 15.6. The minimum absolute atomic E-state index is 0.135. The van der Waals surface area contributed by atoms with Crippen LogP contribution in [0.25, 0.3) is 0 Å². The Labute approximate surface area is 161 Å². The van der Waals surface area contributed by atoms with Crippen molar-refractivity contribution in [2.75, 3.05) is 25.2 Å². The number of nitrogens with zero attached hydrogens (tertiary/aromatic N) is 2. The van der Waals surface area contributed by atoms with Crippen LogP contribution in [0, 0.1) is 17.0 Å². The second-order valence-corrected chi connectivity index (χ2v) is 6.45. The molecule has 0 aliphatic carbocycles. The fourth-order valence-electron chi connectivity index (χ4n) is 3.31. The van der Waals surface area contributed by atoms with Gasteiger partial charge >= 0.3 is 5.97 Å². The van der Waals surface area contributed by atoms with Gasteiger partial charge in [-0.3, -0.25) is 14.9 Å². The topological polar surface area (TPSA) is 99.0 Å². The Balaban J connectivity index is 1.74. The zero-order chi connectivity index (χ0) is 20.3. The maximum Gasteiger partial charge on any atom is 0.345 e. The summed E-state index contributed by atoms with van der Waals surface area (Å²) in [5.74, 6) is -0.549. The number of ether oxygens (including phenoxy) is 2. The molecule has 0 fully saturated rings. The molecule has 0 atom stereocenters. The van der Waals surface area contributed by atoms with E-state index in [1.165, 1.54) is 12.1 Å². The molecule has 2 aromatic carbocycles. The smallest absolute Gasteiger partial charge is 0.345 e. The lowest BCUT2D eigenvalue weighted by molar-refractivity contribution is -0.385. The number of anilines is 1. The predicted molar refractivity (Wildman–Crippen MR) is 102 cm³/mol. The van der Waals surface area contributed by atoms with Crippen LogP contribution in [0.15, 0.2) is 36.4 Å². The first kappa shape index (κ1) is 19.3. The van der Waals surface area contributed by atoms with Gasteiger partial charge in [0, 0.05) is 18.3 Å². The minimum Gasteiger partial charge on any atom is -0.497 e. The van der Waals surface area contributed by atoms with Crippen molar-refractivity contribution >= 4 is 23.3 Å². The Morgan fingerprint density at radius 3 is 2.75 bits per heavy atom. The zero-order valence-electron chi connectivity index (χ0n) is 15.6. The van der Waals surface area contributed by atoms with Gasteiger partial charge in [0.25, 0.3) is 11.6 Å². The van der Waals surface area contributed by atoms with Crippen LogP contribution in [0.5, 0.6) is 5.75 Å². The van der Waals surface area contributed by atoms with Gasteiger partial charge < -0.3 is 14.4 Å². The quantitative estimate of drug-likeness (QED) is 0.446. The fourth-order valence-corrected chi connectivity index (χ4v) is 3.31. The van der Waals surface area contributed by atoms with E-state index in [-0.39, 0.29) is 17.2 Å². The van der Waals surface area contributed by atoms with Gasteiger partial charge in [-0.15, -0.1) is 0 Å². The van der Waals surface area contributed by atoms with Crippen molar-refractivity contribution in [2.24, 2.45) is 0 Å². The number of carbonyl (C=O) groups is 2. The summed E-state index contributed by atoms with van der Waals surface area (Å²) in [6.45, 7) is 1.61. The number of aryl methyl sites for hydroxylation is 2. The lowest BCUT2D eigenvalue weighted by Gasteiger charge is -2.29. The van der Waals surface area contributed by atoms with E-state index in [0.717, 1.165) is 24.1 Å². The highest BCUT2D eigenvalue weighted by Crippen LogP contribution is 2.30. The summed E-state index contributed by atoms with van der Waals surface area (Å²) in [4.78, 5) is 37.1. The number of hydrogen-bond donors (Lipinski definition) is 0. The van der Waals surface area contributed by atoms with Crippen molar-refractivity contribution in [1.82, 2.24) is 0 Å². The second kappa shape index (κ2) is 8.08. The summed E-state index contributed by atoms with van der Waals surface area (Å²) < 4.78 is 10.3. The summed E-state index contributed by atoms with van der Waals surface area (Å²) in [7, 11) is 1.58. The predicted octanol–water partition coefficient (Wildman–Crippen LogP) is 3.05. The molecule has 28 heavy (non-hydrogen) atoms. The van der Waals surface area contributed by atoms with Gasteiger partial charge in [0.1, 0.15) is 11.3 Å². The van der Waals surface area contributed by atoms with E-state index in [1.54, 1.807) is 37.1 Å². The van der Waals surface area contributed by atoms with Crippen LogP contribution < -0.4 is 9.64 Å². The third kappa shape index (κ3) is 3.80. The lowest BCUT2D eigenvalue weighted by Crippen LogP contribution is -2.38. The average Bonchev–Trinajstić information content (AvgIpc) is 2.70. The highest BCUT2D eigenvalue weighted by atomic mass is 16.6. The molecular weight excluding hydrogens is 364 g/mol. The molecule has 0 spiro atoms. The van der Waals surface area contributed by atoms with Crippen molar-refractivity contribution in [1.29, 1.82) is 0 Å². The molecule has 0 saturated carbocycles. The maximum atomic E-state index is 12.6. The normalized spacial score (nSPS) is 12.9. The van der Waals surface area contributed by atoms with Crippen molar-refractivity contribution in [3.63, 3.8) is 0 Å². The largest absolute Gasteiger partial charge is 0.497 e. The van der Waals surface area contributed by atoms with Crippen LogP contribution in [-0.4, -0.2) is 37.1 Å². The summed E-state index contributed by atoms with van der Waals surface area (Å²) in [6.07, 6.45) is 1.61. The molecule has 146 valence electrons. The molecule has 0 radical (unpaired) electrons. The number of benzene rings is 2. The third-order valence-electron chi connectivity index (χ3n) is 4.68. The first-order valence-electron chi connectivity index (χ1n) is 8.80. The number of rotatable bonds is 5. The Kier molecular flexibility index (Phi) is 5.58. The van der Waals surface area contributed by atoms with Crippen LogP contribution in [0.4, 0.5) is 11.4 Å². The monoisotopic (exact) mass is 384 g/mol.